The third kappa shape index (κ3) is 4.20. The number of aryl methyl sites for hydroxylation is 1. The lowest BCUT2D eigenvalue weighted by atomic mass is 10.0. The van der Waals surface area contributed by atoms with Crippen LogP contribution in [0.25, 0.3) is 11.1 Å². The Morgan fingerprint density at radius 2 is 1.74 bits per heavy atom. The van der Waals surface area contributed by atoms with Crippen molar-refractivity contribution in [3.05, 3.63) is 81.8 Å². The van der Waals surface area contributed by atoms with Crippen LogP contribution in [0.3, 0.4) is 0 Å². The maximum atomic E-state index is 12.8. The van der Waals surface area contributed by atoms with Crippen molar-refractivity contribution in [3.63, 3.8) is 0 Å². The molecule has 0 saturated heterocycles. The van der Waals surface area contributed by atoms with E-state index in [1.54, 1.807) is 31.2 Å². The number of nitrogens with one attached hydrogen (secondary N) is 1. The summed E-state index contributed by atoms with van der Waals surface area (Å²) in [5, 5.41) is 9.14. The highest BCUT2D eigenvalue weighted by molar-refractivity contribution is 5.66. The average molecular weight is 375 g/mol. The second-order valence-electron chi connectivity index (χ2n) is 5.97. The van der Waals surface area contributed by atoms with Gasteiger partial charge in [-0.15, -0.1) is 0 Å². The molecular formula is C20H16F3NO3. The Morgan fingerprint density at radius 1 is 1.04 bits per heavy atom. The largest absolute Gasteiger partial charge is 0.457 e. The minimum atomic E-state index is -4.44. The van der Waals surface area contributed by atoms with E-state index in [-0.39, 0.29) is 17.8 Å². The zero-order chi connectivity index (χ0) is 19.6. The maximum absolute atomic E-state index is 12.8. The van der Waals surface area contributed by atoms with Crippen LogP contribution in [0.4, 0.5) is 13.2 Å². The van der Waals surface area contributed by atoms with Crippen LogP contribution in [0.15, 0.2) is 59.4 Å². The van der Waals surface area contributed by atoms with E-state index < -0.39 is 11.7 Å². The van der Waals surface area contributed by atoms with Gasteiger partial charge in [0, 0.05) is 23.0 Å². The van der Waals surface area contributed by atoms with Gasteiger partial charge in [0.25, 0.3) is 0 Å². The molecule has 0 aliphatic heterocycles. The van der Waals surface area contributed by atoms with Gasteiger partial charge in [-0.05, 0) is 42.8 Å². The summed E-state index contributed by atoms with van der Waals surface area (Å²) >= 11 is 0. The van der Waals surface area contributed by atoms with E-state index in [1.807, 2.05) is 0 Å². The second-order valence-corrected chi connectivity index (χ2v) is 5.97. The Kier molecular flexibility index (Phi) is 5.05. The summed E-state index contributed by atoms with van der Waals surface area (Å²) in [5.74, 6) is 0.415. The number of aliphatic hydroxyl groups excluding tert-OH is 1. The first-order chi connectivity index (χ1) is 12.8. The lowest BCUT2D eigenvalue weighted by Crippen LogP contribution is -2.10. The van der Waals surface area contributed by atoms with Gasteiger partial charge >= 0.3 is 6.18 Å². The zero-order valence-corrected chi connectivity index (χ0v) is 14.3. The van der Waals surface area contributed by atoms with Gasteiger partial charge in [-0.25, -0.2) is 0 Å². The number of hydrogen-bond acceptors (Lipinski definition) is 3. The lowest BCUT2D eigenvalue weighted by molar-refractivity contribution is -0.137. The standard InChI is InChI=1S/C20H16F3NO3/c1-12-19(18(26)10-15(11-25)24-12)13-5-7-16(8-6-13)27-17-4-2-3-14(9-17)20(21,22)23/h2-10,25H,11H2,1H3,(H,24,26). The minimum Gasteiger partial charge on any atom is -0.457 e. The number of aliphatic hydroxyl groups is 1. The smallest absolute Gasteiger partial charge is 0.416 e. The van der Waals surface area contributed by atoms with Gasteiger partial charge in [0.2, 0.25) is 0 Å². The number of H-pyrrole nitrogens is 1. The topological polar surface area (TPSA) is 62.3 Å². The number of hydrogen-bond donors (Lipinski definition) is 2. The van der Waals surface area contributed by atoms with Gasteiger partial charge in [0.1, 0.15) is 11.5 Å². The van der Waals surface area contributed by atoms with Crippen LogP contribution in [-0.4, -0.2) is 10.1 Å². The molecule has 0 radical (unpaired) electrons. The number of ether oxygens (including phenoxy) is 1. The van der Waals surface area contributed by atoms with Crippen LogP contribution in [0.5, 0.6) is 11.5 Å². The molecule has 4 nitrogen and oxygen atoms in total. The maximum Gasteiger partial charge on any atom is 0.416 e. The summed E-state index contributed by atoms with van der Waals surface area (Å²) in [6.07, 6.45) is -4.44. The van der Waals surface area contributed by atoms with Crippen molar-refractivity contribution in [2.24, 2.45) is 0 Å². The number of benzene rings is 2. The molecule has 0 saturated carbocycles. The van der Waals surface area contributed by atoms with Crippen LogP contribution in [0, 0.1) is 6.92 Å². The SMILES string of the molecule is Cc1[nH]c(CO)cc(=O)c1-c1ccc(Oc2cccc(C(F)(F)F)c2)cc1. The molecule has 0 bridgehead atoms. The fourth-order valence-corrected chi connectivity index (χ4v) is 2.76. The molecule has 3 rings (SSSR count). The number of aromatic amines is 1. The molecule has 0 amide bonds. The van der Waals surface area contributed by atoms with Gasteiger partial charge in [0.05, 0.1) is 12.2 Å². The van der Waals surface area contributed by atoms with Gasteiger partial charge in [-0.2, -0.15) is 13.2 Å². The first-order valence-corrected chi connectivity index (χ1v) is 8.07. The monoisotopic (exact) mass is 375 g/mol. The van der Waals surface area contributed by atoms with E-state index >= 15 is 0 Å². The van der Waals surface area contributed by atoms with Gasteiger partial charge in [-0.1, -0.05) is 18.2 Å². The van der Waals surface area contributed by atoms with Crippen molar-refractivity contribution in [2.45, 2.75) is 19.7 Å². The number of halogens is 3. The number of rotatable bonds is 4. The summed E-state index contributed by atoms with van der Waals surface area (Å²) in [6, 6.07) is 12.4. The lowest BCUT2D eigenvalue weighted by Gasteiger charge is -2.11. The van der Waals surface area contributed by atoms with Crippen molar-refractivity contribution in [2.75, 3.05) is 0 Å². The molecule has 140 valence electrons. The highest BCUT2D eigenvalue weighted by atomic mass is 19.4. The summed E-state index contributed by atoms with van der Waals surface area (Å²) in [4.78, 5) is 15.2. The van der Waals surface area contributed by atoms with E-state index in [9.17, 15) is 18.0 Å². The average Bonchev–Trinajstić information content (AvgIpc) is 2.62. The Balaban J connectivity index is 1.86. The molecule has 2 aromatic carbocycles. The number of aromatic nitrogens is 1. The van der Waals surface area contributed by atoms with Gasteiger partial charge in [0.15, 0.2) is 5.43 Å². The van der Waals surface area contributed by atoms with E-state index in [2.05, 4.69) is 4.98 Å². The van der Waals surface area contributed by atoms with E-state index in [4.69, 9.17) is 9.84 Å². The van der Waals surface area contributed by atoms with Gasteiger partial charge in [-0.3, -0.25) is 4.79 Å². The molecule has 0 spiro atoms. The van der Waals surface area contributed by atoms with E-state index in [1.165, 1.54) is 18.2 Å². The molecule has 7 heteroatoms. The molecule has 0 aliphatic rings. The first-order valence-electron chi connectivity index (χ1n) is 8.07. The van der Waals surface area contributed by atoms with Crippen molar-refractivity contribution in [1.29, 1.82) is 0 Å². The molecule has 0 aliphatic carbocycles. The van der Waals surface area contributed by atoms with Crippen LogP contribution in [0.2, 0.25) is 0 Å². The van der Waals surface area contributed by atoms with Crippen molar-refractivity contribution < 1.29 is 23.0 Å². The zero-order valence-electron chi connectivity index (χ0n) is 14.3. The molecule has 1 heterocycles. The summed E-state index contributed by atoms with van der Waals surface area (Å²) < 4.78 is 43.8. The predicted octanol–water partition coefficient (Wildman–Crippen LogP) is 4.65. The highest BCUT2D eigenvalue weighted by Crippen LogP contribution is 2.33. The van der Waals surface area contributed by atoms with Crippen LogP contribution in [0.1, 0.15) is 17.0 Å². The van der Waals surface area contributed by atoms with Crippen molar-refractivity contribution in [1.82, 2.24) is 4.98 Å². The number of pyridine rings is 1. The molecule has 0 fully saturated rings. The van der Waals surface area contributed by atoms with Crippen LogP contribution < -0.4 is 10.2 Å². The molecule has 3 aromatic rings. The van der Waals surface area contributed by atoms with E-state index in [0.29, 0.717) is 28.3 Å². The van der Waals surface area contributed by atoms with Crippen LogP contribution in [-0.2, 0) is 12.8 Å². The minimum absolute atomic E-state index is 0.0684. The molecule has 0 unspecified atom stereocenters. The fraction of sp³-hybridized carbons (Fsp3) is 0.150. The van der Waals surface area contributed by atoms with Crippen LogP contribution >= 0.6 is 0 Å². The molecular weight excluding hydrogens is 359 g/mol. The Labute approximate surface area is 152 Å². The molecule has 0 atom stereocenters. The summed E-state index contributed by atoms with van der Waals surface area (Å²) in [6.45, 7) is 1.46. The van der Waals surface area contributed by atoms with E-state index in [0.717, 1.165) is 12.1 Å². The first kappa shape index (κ1) is 18.7. The number of alkyl halides is 3. The molecule has 2 N–H and O–H groups in total. The Morgan fingerprint density at radius 3 is 2.33 bits per heavy atom. The normalized spacial score (nSPS) is 11.4. The quantitative estimate of drug-likeness (QED) is 0.698. The molecule has 27 heavy (non-hydrogen) atoms. The van der Waals surface area contributed by atoms with Crippen molar-refractivity contribution >= 4 is 0 Å². The molecule has 1 aromatic heterocycles. The Bertz CT molecular complexity index is 1010. The fourth-order valence-electron chi connectivity index (χ4n) is 2.76. The third-order valence-corrected chi connectivity index (χ3v) is 3.99. The van der Waals surface area contributed by atoms with Crippen molar-refractivity contribution in [3.8, 4) is 22.6 Å². The highest BCUT2D eigenvalue weighted by Gasteiger charge is 2.30. The van der Waals surface area contributed by atoms with Gasteiger partial charge < -0.3 is 14.8 Å². The predicted molar refractivity (Wildman–Crippen MR) is 94.7 cm³/mol. The second kappa shape index (κ2) is 7.28. The Hall–Kier alpha value is -3.06. The summed E-state index contributed by atoms with van der Waals surface area (Å²) in [7, 11) is 0. The summed E-state index contributed by atoms with van der Waals surface area (Å²) in [5.41, 5.74) is 1.10. The third-order valence-electron chi connectivity index (χ3n) is 3.99.